The highest BCUT2D eigenvalue weighted by atomic mass is 35.5. The van der Waals surface area contributed by atoms with Crippen molar-refractivity contribution in [3.05, 3.63) is 57.3 Å². The Morgan fingerprint density at radius 1 is 1.14 bits per heavy atom. The van der Waals surface area contributed by atoms with Crippen molar-refractivity contribution in [3.8, 4) is 0 Å². The molecule has 1 N–H and O–H groups in total. The molecular formula is C20H21Cl2N3O3. The highest BCUT2D eigenvalue weighted by molar-refractivity contribution is 6.35. The van der Waals surface area contributed by atoms with Gasteiger partial charge >= 0.3 is 0 Å². The molecule has 1 saturated heterocycles. The van der Waals surface area contributed by atoms with Crippen LogP contribution in [0.4, 0.5) is 5.69 Å². The van der Waals surface area contributed by atoms with Gasteiger partial charge in [-0.2, -0.15) is 0 Å². The number of nitrogens with zero attached hydrogens (tertiary/aromatic N) is 2. The molecule has 2 aliphatic heterocycles. The maximum absolute atomic E-state index is 13.3. The minimum Gasteiger partial charge on any atom is -0.379 e. The minimum atomic E-state index is -0.541. The second kappa shape index (κ2) is 8.76. The Morgan fingerprint density at radius 3 is 2.75 bits per heavy atom. The van der Waals surface area contributed by atoms with Crippen LogP contribution in [-0.4, -0.2) is 48.7 Å². The van der Waals surface area contributed by atoms with E-state index in [-0.39, 0.29) is 5.91 Å². The van der Waals surface area contributed by atoms with E-state index in [1.165, 1.54) is 0 Å². The second-order valence-corrected chi connectivity index (χ2v) is 7.68. The molecule has 1 fully saturated rings. The van der Waals surface area contributed by atoms with Crippen LogP contribution in [0.1, 0.15) is 22.9 Å². The predicted molar refractivity (Wildman–Crippen MR) is 108 cm³/mol. The third-order valence-corrected chi connectivity index (χ3v) is 5.55. The van der Waals surface area contributed by atoms with Crippen LogP contribution >= 0.6 is 23.2 Å². The number of fused-ring (bicyclic) bond motifs is 1. The Morgan fingerprint density at radius 2 is 1.96 bits per heavy atom. The molecule has 4 rings (SSSR count). The summed E-state index contributed by atoms with van der Waals surface area (Å²) in [5, 5.41) is 4.00. The Kier molecular flexibility index (Phi) is 6.13. The summed E-state index contributed by atoms with van der Waals surface area (Å²) in [6.07, 6.45) is 2.49. The van der Waals surface area contributed by atoms with E-state index in [2.05, 4.69) is 15.2 Å². The van der Waals surface area contributed by atoms with E-state index < -0.39 is 6.04 Å². The van der Waals surface area contributed by atoms with Crippen LogP contribution in [0.5, 0.6) is 0 Å². The number of rotatable bonds is 4. The van der Waals surface area contributed by atoms with Crippen LogP contribution in [0.3, 0.4) is 0 Å². The number of amides is 1. The van der Waals surface area contributed by atoms with Crippen LogP contribution < -0.4 is 5.32 Å². The van der Waals surface area contributed by atoms with E-state index in [1.807, 2.05) is 12.1 Å². The summed E-state index contributed by atoms with van der Waals surface area (Å²) in [5.74, 6) is -0.162. The molecule has 0 spiro atoms. The maximum atomic E-state index is 13.3. The molecule has 28 heavy (non-hydrogen) atoms. The van der Waals surface area contributed by atoms with Gasteiger partial charge in [0.05, 0.1) is 38.3 Å². The van der Waals surface area contributed by atoms with Crippen LogP contribution in [0, 0.1) is 0 Å². The monoisotopic (exact) mass is 421 g/mol. The van der Waals surface area contributed by atoms with Gasteiger partial charge in [0.15, 0.2) is 0 Å². The number of hydrogen-bond acceptors (Lipinski definition) is 5. The lowest BCUT2D eigenvalue weighted by molar-refractivity contribution is -0.123. The molecule has 0 radical (unpaired) electrons. The zero-order valence-corrected chi connectivity index (χ0v) is 16.8. The van der Waals surface area contributed by atoms with Crippen molar-refractivity contribution in [2.24, 2.45) is 0 Å². The number of pyridine rings is 1. The summed E-state index contributed by atoms with van der Waals surface area (Å²) >= 11 is 12.5. The van der Waals surface area contributed by atoms with Gasteiger partial charge in [0.25, 0.3) is 0 Å². The van der Waals surface area contributed by atoms with E-state index in [9.17, 15) is 4.79 Å². The molecule has 1 unspecified atom stereocenters. The average Bonchev–Trinajstić information content (AvgIpc) is 2.70. The van der Waals surface area contributed by atoms with Gasteiger partial charge in [0, 0.05) is 40.8 Å². The van der Waals surface area contributed by atoms with Crippen LogP contribution in [0.15, 0.2) is 30.5 Å². The van der Waals surface area contributed by atoms with Crippen molar-refractivity contribution < 1.29 is 14.3 Å². The third kappa shape index (κ3) is 4.31. The van der Waals surface area contributed by atoms with Gasteiger partial charge in [-0.05, 0) is 23.8 Å². The summed E-state index contributed by atoms with van der Waals surface area (Å²) in [4.78, 5) is 19.8. The average molecular weight is 422 g/mol. The van der Waals surface area contributed by atoms with Gasteiger partial charge in [-0.3, -0.25) is 14.7 Å². The first-order valence-electron chi connectivity index (χ1n) is 9.25. The fourth-order valence-corrected chi connectivity index (χ4v) is 4.09. The van der Waals surface area contributed by atoms with Crippen molar-refractivity contribution in [2.45, 2.75) is 19.1 Å². The lowest BCUT2D eigenvalue weighted by Crippen LogP contribution is -2.44. The number of hydrogen-bond donors (Lipinski definition) is 1. The highest BCUT2D eigenvalue weighted by Gasteiger charge is 2.31. The smallest absolute Gasteiger partial charge is 0.246 e. The molecule has 0 saturated carbocycles. The van der Waals surface area contributed by atoms with E-state index in [4.69, 9.17) is 32.7 Å². The van der Waals surface area contributed by atoms with E-state index in [1.54, 1.807) is 18.3 Å². The van der Waals surface area contributed by atoms with Crippen molar-refractivity contribution in [1.82, 2.24) is 9.88 Å². The zero-order chi connectivity index (χ0) is 19.5. The molecule has 2 aromatic rings. The molecule has 1 aromatic carbocycles. The van der Waals surface area contributed by atoms with E-state index >= 15 is 0 Å². The largest absolute Gasteiger partial charge is 0.379 e. The van der Waals surface area contributed by atoms with Gasteiger partial charge in [0.2, 0.25) is 5.91 Å². The fraction of sp³-hybridized carbons (Fsp3) is 0.400. The summed E-state index contributed by atoms with van der Waals surface area (Å²) < 4.78 is 10.9. The number of ether oxygens (including phenoxy) is 2. The molecular weight excluding hydrogens is 401 g/mol. The van der Waals surface area contributed by atoms with Crippen molar-refractivity contribution >= 4 is 34.8 Å². The predicted octanol–water partition coefficient (Wildman–Crippen LogP) is 3.47. The third-order valence-electron chi connectivity index (χ3n) is 4.98. The number of halogens is 2. The van der Waals surface area contributed by atoms with Gasteiger partial charge in [-0.1, -0.05) is 29.3 Å². The maximum Gasteiger partial charge on any atom is 0.246 e. The van der Waals surface area contributed by atoms with Gasteiger partial charge in [0.1, 0.15) is 6.04 Å². The molecule has 0 aliphatic carbocycles. The number of anilines is 1. The number of nitrogens with one attached hydrogen (secondary N) is 1. The van der Waals surface area contributed by atoms with Crippen molar-refractivity contribution in [1.29, 1.82) is 0 Å². The van der Waals surface area contributed by atoms with Gasteiger partial charge in [-0.25, -0.2) is 0 Å². The topological polar surface area (TPSA) is 63.7 Å². The summed E-state index contributed by atoms with van der Waals surface area (Å²) in [5.41, 5.74) is 3.41. The van der Waals surface area contributed by atoms with Crippen LogP contribution in [0.25, 0.3) is 0 Å². The lowest BCUT2D eigenvalue weighted by Gasteiger charge is -2.34. The number of morpholine rings is 1. The first kappa shape index (κ1) is 19.6. The molecule has 1 atom stereocenters. The first-order valence-corrected chi connectivity index (χ1v) is 10.0. The van der Waals surface area contributed by atoms with Crippen molar-refractivity contribution in [2.75, 3.05) is 38.2 Å². The highest BCUT2D eigenvalue weighted by Crippen LogP contribution is 2.32. The zero-order valence-electron chi connectivity index (χ0n) is 15.3. The van der Waals surface area contributed by atoms with Gasteiger partial charge < -0.3 is 14.8 Å². The van der Waals surface area contributed by atoms with Crippen molar-refractivity contribution in [3.63, 3.8) is 0 Å². The second-order valence-electron chi connectivity index (χ2n) is 6.84. The SMILES string of the molecule is O=C(Nc1cnc2c(c1)COCC2)C(c1ccc(Cl)cc1Cl)N1CCOCC1. The van der Waals surface area contributed by atoms with Crippen LogP contribution in [0.2, 0.25) is 10.0 Å². The Balaban J connectivity index is 1.61. The minimum absolute atomic E-state index is 0.162. The fourth-order valence-electron chi connectivity index (χ4n) is 3.58. The molecule has 1 amide bonds. The number of aromatic nitrogens is 1. The van der Waals surface area contributed by atoms with Gasteiger partial charge in [-0.15, -0.1) is 0 Å². The number of benzene rings is 1. The Bertz CT molecular complexity index is 872. The van der Waals surface area contributed by atoms with Crippen LogP contribution in [-0.2, 0) is 27.3 Å². The molecule has 148 valence electrons. The lowest BCUT2D eigenvalue weighted by atomic mass is 10.0. The molecule has 8 heteroatoms. The quantitative estimate of drug-likeness (QED) is 0.818. The Hall–Kier alpha value is -1.70. The summed E-state index contributed by atoms with van der Waals surface area (Å²) in [6, 6.07) is 6.61. The first-order chi connectivity index (χ1) is 13.6. The standard InChI is InChI=1S/C20H21Cl2N3O3/c21-14-1-2-16(17(22)10-14)19(25-4-7-27-8-5-25)20(26)24-15-9-13-12-28-6-3-18(13)23-11-15/h1-2,9-11,19H,3-8,12H2,(H,24,26). The molecule has 6 nitrogen and oxygen atoms in total. The molecule has 1 aromatic heterocycles. The van der Waals surface area contributed by atoms with E-state index in [0.717, 1.165) is 23.2 Å². The summed E-state index contributed by atoms with van der Waals surface area (Å²) in [6.45, 7) is 3.64. The summed E-state index contributed by atoms with van der Waals surface area (Å²) in [7, 11) is 0. The number of carbonyl (C=O) groups excluding carboxylic acids is 1. The molecule has 2 aliphatic rings. The molecule has 3 heterocycles. The number of carbonyl (C=O) groups is 1. The Labute approximate surface area is 173 Å². The van der Waals surface area contributed by atoms with E-state index in [0.29, 0.717) is 55.2 Å². The normalized spacial score (nSPS) is 18.4. The molecule has 0 bridgehead atoms.